The molecule has 0 spiro atoms. The molecule has 0 aromatic heterocycles. The van der Waals surface area contributed by atoms with Crippen molar-refractivity contribution in [2.45, 2.75) is 0 Å². The third kappa shape index (κ3) is 1.40. The fraction of sp³-hybridized carbons (Fsp3) is 0. The zero-order valence-corrected chi connectivity index (χ0v) is 6.21. The van der Waals surface area contributed by atoms with E-state index in [1.165, 1.54) is 0 Å². The van der Waals surface area contributed by atoms with Crippen molar-refractivity contribution in [3.8, 4) is 5.75 Å². The molecule has 0 aliphatic heterocycles. The normalized spacial score (nSPS) is 10.1. The van der Waals surface area contributed by atoms with E-state index in [0.717, 1.165) is 0 Å². The van der Waals surface area contributed by atoms with E-state index in [0.29, 0.717) is 6.47 Å². The van der Waals surface area contributed by atoms with Crippen LogP contribution in [0.25, 0.3) is 0 Å². The van der Waals surface area contributed by atoms with Gasteiger partial charge in [0, 0.05) is 0 Å². The van der Waals surface area contributed by atoms with Gasteiger partial charge in [0.2, 0.25) is 34.8 Å². The molecule has 0 fully saturated rings. The standard InChI is InChI=1S/C7F5O2/c8-2-3(9)5(11)7(14-1-13)6(12)4(2)10. The van der Waals surface area contributed by atoms with Gasteiger partial charge in [0.1, 0.15) is 0 Å². The van der Waals surface area contributed by atoms with E-state index in [1.54, 1.807) is 0 Å². The second-order valence-corrected chi connectivity index (χ2v) is 2.08. The molecule has 0 aliphatic carbocycles. The summed E-state index contributed by atoms with van der Waals surface area (Å²) < 4.78 is 65.7. The molecular formula is C7F5O2. The lowest BCUT2D eigenvalue weighted by molar-refractivity contribution is 0.336. The van der Waals surface area contributed by atoms with Crippen LogP contribution in [0.4, 0.5) is 22.0 Å². The lowest BCUT2D eigenvalue weighted by Crippen LogP contribution is -2.05. The van der Waals surface area contributed by atoms with Gasteiger partial charge in [0.05, 0.1) is 0 Å². The maximum Gasteiger partial charge on any atom is 0.423 e. The summed E-state index contributed by atoms with van der Waals surface area (Å²) in [6.45, 7) is 0.554. The number of rotatable bonds is 2. The Labute approximate surface area is 73.9 Å². The van der Waals surface area contributed by atoms with Crippen LogP contribution in [-0.4, -0.2) is 6.47 Å². The minimum absolute atomic E-state index is 0.554. The SMILES string of the molecule is O=[C]Oc1c(F)c(F)c(F)c(F)c1F. The molecule has 0 unspecified atom stereocenters. The molecule has 14 heavy (non-hydrogen) atoms. The Bertz CT molecular complexity index is 361. The van der Waals surface area contributed by atoms with Gasteiger partial charge in [-0.05, 0) is 0 Å². The Morgan fingerprint density at radius 3 is 1.50 bits per heavy atom. The van der Waals surface area contributed by atoms with E-state index in [1.807, 2.05) is 0 Å². The van der Waals surface area contributed by atoms with E-state index < -0.39 is 34.8 Å². The van der Waals surface area contributed by atoms with Gasteiger partial charge in [-0.3, -0.25) is 0 Å². The Morgan fingerprint density at radius 1 is 0.786 bits per heavy atom. The van der Waals surface area contributed by atoms with Crippen LogP contribution < -0.4 is 4.74 Å². The van der Waals surface area contributed by atoms with Crippen molar-refractivity contribution in [2.75, 3.05) is 0 Å². The van der Waals surface area contributed by atoms with Gasteiger partial charge in [-0.2, -0.15) is 8.78 Å². The van der Waals surface area contributed by atoms with Gasteiger partial charge in [-0.1, -0.05) is 0 Å². The number of halogens is 5. The zero-order chi connectivity index (χ0) is 10.9. The summed E-state index contributed by atoms with van der Waals surface area (Å²) in [5, 5.41) is 0. The fourth-order valence-corrected chi connectivity index (χ4v) is 0.716. The Kier molecular flexibility index (Phi) is 2.68. The molecule has 0 amide bonds. The van der Waals surface area contributed by atoms with Crippen molar-refractivity contribution in [2.24, 2.45) is 0 Å². The number of ether oxygens (including phenoxy) is 1. The smallest absolute Gasteiger partial charge is 0.412 e. The van der Waals surface area contributed by atoms with Gasteiger partial charge < -0.3 is 4.74 Å². The summed E-state index contributed by atoms with van der Waals surface area (Å²) >= 11 is 0. The third-order valence-corrected chi connectivity index (χ3v) is 1.31. The predicted molar refractivity (Wildman–Crippen MR) is 32.6 cm³/mol. The molecule has 1 rings (SSSR count). The second kappa shape index (κ2) is 3.60. The van der Waals surface area contributed by atoms with Crippen molar-refractivity contribution >= 4 is 6.47 Å². The van der Waals surface area contributed by atoms with Crippen molar-refractivity contribution in [3.63, 3.8) is 0 Å². The molecule has 0 saturated carbocycles. The highest BCUT2D eigenvalue weighted by molar-refractivity contribution is 5.47. The van der Waals surface area contributed by atoms with E-state index in [9.17, 15) is 26.7 Å². The van der Waals surface area contributed by atoms with Crippen LogP contribution in [0.15, 0.2) is 0 Å². The van der Waals surface area contributed by atoms with Crippen molar-refractivity contribution in [1.82, 2.24) is 0 Å². The average molecular weight is 211 g/mol. The molecule has 2 nitrogen and oxygen atoms in total. The third-order valence-electron chi connectivity index (χ3n) is 1.31. The fourth-order valence-electron chi connectivity index (χ4n) is 0.716. The molecule has 0 bridgehead atoms. The minimum Gasteiger partial charge on any atom is -0.412 e. The molecule has 1 aromatic carbocycles. The summed E-state index contributed by atoms with van der Waals surface area (Å²) in [7, 11) is 0. The lowest BCUT2D eigenvalue weighted by Gasteiger charge is -2.03. The minimum atomic E-state index is -2.32. The highest BCUT2D eigenvalue weighted by atomic mass is 19.2. The van der Waals surface area contributed by atoms with Gasteiger partial charge >= 0.3 is 6.47 Å². The predicted octanol–water partition coefficient (Wildman–Crippen LogP) is 1.83. The Balaban J connectivity index is 3.50. The number of hydrogen-bond donors (Lipinski definition) is 0. The van der Waals surface area contributed by atoms with Crippen LogP contribution >= 0.6 is 0 Å². The van der Waals surface area contributed by atoms with Crippen LogP contribution in [0, 0.1) is 29.1 Å². The van der Waals surface area contributed by atoms with E-state index >= 15 is 0 Å². The maximum atomic E-state index is 12.6. The quantitative estimate of drug-likeness (QED) is 0.423. The van der Waals surface area contributed by atoms with Crippen LogP contribution in [0.2, 0.25) is 0 Å². The molecular weight excluding hydrogens is 211 g/mol. The molecule has 75 valence electrons. The molecule has 0 heterocycles. The van der Waals surface area contributed by atoms with Crippen LogP contribution in [0.5, 0.6) is 5.75 Å². The molecule has 1 radical (unpaired) electrons. The van der Waals surface area contributed by atoms with Crippen molar-refractivity contribution < 1.29 is 31.5 Å². The first-order valence-electron chi connectivity index (χ1n) is 3.06. The molecule has 0 atom stereocenters. The summed E-state index contributed by atoms with van der Waals surface area (Å²) in [5.74, 6) is -12.8. The van der Waals surface area contributed by atoms with Gasteiger partial charge in [-0.15, -0.1) is 0 Å². The van der Waals surface area contributed by atoms with Crippen molar-refractivity contribution in [1.29, 1.82) is 0 Å². The first-order chi connectivity index (χ1) is 6.50. The summed E-state index contributed by atoms with van der Waals surface area (Å²) in [5.41, 5.74) is 0. The summed E-state index contributed by atoms with van der Waals surface area (Å²) in [4.78, 5) is 9.57. The summed E-state index contributed by atoms with van der Waals surface area (Å²) in [6.07, 6.45) is 0. The average Bonchev–Trinajstić information content (AvgIpc) is 2.19. The molecule has 0 N–H and O–H groups in total. The first kappa shape index (κ1) is 10.4. The molecule has 0 aliphatic rings. The van der Waals surface area contributed by atoms with Gasteiger partial charge in [0.25, 0.3) is 0 Å². The van der Waals surface area contributed by atoms with E-state index in [-0.39, 0.29) is 0 Å². The van der Waals surface area contributed by atoms with Crippen LogP contribution in [0.1, 0.15) is 0 Å². The second-order valence-electron chi connectivity index (χ2n) is 2.08. The number of carbonyl (C=O) groups excluding carboxylic acids is 1. The Morgan fingerprint density at radius 2 is 1.14 bits per heavy atom. The maximum absolute atomic E-state index is 12.6. The number of hydrogen-bond acceptors (Lipinski definition) is 2. The zero-order valence-electron chi connectivity index (χ0n) is 6.21. The first-order valence-corrected chi connectivity index (χ1v) is 3.06. The monoisotopic (exact) mass is 211 g/mol. The Hall–Kier alpha value is -1.66. The number of benzene rings is 1. The highest BCUT2D eigenvalue weighted by Crippen LogP contribution is 2.28. The highest BCUT2D eigenvalue weighted by Gasteiger charge is 2.27. The summed E-state index contributed by atoms with van der Waals surface area (Å²) in [6, 6.07) is 0. The van der Waals surface area contributed by atoms with E-state index in [4.69, 9.17) is 0 Å². The lowest BCUT2D eigenvalue weighted by atomic mass is 10.3. The van der Waals surface area contributed by atoms with Gasteiger partial charge in [0.15, 0.2) is 0 Å². The molecule has 0 saturated heterocycles. The van der Waals surface area contributed by atoms with Gasteiger partial charge in [-0.25, -0.2) is 18.0 Å². The van der Waals surface area contributed by atoms with Crippen LogP contribution in [0.3, 0.4) is 0 Å². The topological polar surface area (TPSA) is 26.3 Å². The molecule has 1 aromatic rings. The van der Waals surface area contributed by atoms with Crippen molar-refractivity contribution in [3.05, 3.63) is 29.1 Å². The molecule has 7 heteroatoms. The van der Waals surface area contributed by atoms with E-state index in [2.05, 4.69) is 4.74 Å². The largest absolute Gasteiger partial charge is 0.423 e. The van der Waals surface area contributed by atoms with Crippen LogP contribution in [-0.2, 0) is 4.79 Å².